The summed E-state index contributed by atoms with van der Waals surface area (Å²) in [6.45, 7) is 3.32. The molecule has 0 amide bonds. The molecule has 0 N–H and O–H groups in total. The maximum absolute atomic E-state index is 9.64. The second kappa shape index (κ2) is 8.59. The zero-order valence-corrected chi connectivity index (χ0v) is 16.3. The Morgan fingerprint density at radius 1 is 1.27 bits per heavy atom. The first-order valence-electron chi connectivity index (χ1n) is 8.37. The minimum atomic E-state index is -0.216. The van der Waals surface area contributed by atoms with Crippen molar-refractivity contribution in [1.29, 1.82) is 5.26 Å². The molecule has 0 aliphatic heterocycles. The van der Waals surface area contributed by atoms with Gasteiger partial charge in [0.1, 0.15) is 5.25 Å². The minimum absolute atomic E-state index is 0.216. The first-order chi connectivity index (χ1) is 12.6. The molecule has 2 aromatic carbocycles. The summed E-state index contributed by atoms with van der Waals surface area (Å²) >= 11 is 7.59. The molecular formula is C20H20ClN3OS. The molecule has 1 unspecified atom stereocenters. The Kier molecular flexibility index (Phi) is 6.20. The number of imidazole rings is 1. The summed E-state index contributed by atoms with van der Waals surface area (Å²) in [5.41, 5.74) is 4.20. The van der Waals surface area contributed by atoms with Gasteiger partial charge in [-0.05, 0) is 37.1 Å². The maximum Gasteiger partial charge on any atom is 0.170 e. The highest BCUT2D eigenvalue weighted by atomic mass is 35.5. The molecule has 0 aliphatic carbocycles. The molecule has 3 rings (SSSR count). The van der Waals surface area contributed by atoms with Gasteiger partial charge >= 0.3 is 0 Å². The number of hydrogen-bond donors (Lipinski definition) is 0. The van der Waals surface area contributed by atoms with Gasteiger partial charge in [0.15, 0.2) is 5.16 Å². The number of ether oxygens (including phenoxy) is 1. The van der Waals surface area contributed by atoms with Gasteiger partial charge < -0.3 is 9.30 Å². The number of halogens is 1. The van der Waals surface area contributed by atoms with Crippen molar-refractivity contribution in [3.8, 4) is 6.07 Å². The van der Waals surface area contributed by atoms with E-state index in [1.807, 2.05) is 18.2 Å². The molecule has 0 radical (unpaired) electrons. The van der Waals surface area contributed by atoms with Crippen LogP contribution in [0.5, 0.6) is 0 Å². The maximum atomic E-state index is 9.64. The van der Waals surface area contributed by atoms with Gasteiger partial charge in [-0.1, -0.05) is 53.2 Å². The summed E-state index contributed by atoms with van der Waals surface area (Å²) in [5.74, 6) is 0. The lowest BCUT2D eigenvalue weighted by Crippen LogP contribution is -2.09. The average molecular weight is 386 g/mol. The third-order valence-electron chi connectivity index (χ3n) is 4.13. The number of nitrogens with zero attached hydrogens (tertiary/aromatic N) is 3. The summed E-state index contributed by atoms with van der Waals surface area (Å²) in [6, 6.07) is 16.4. The zero-order valence-electron chi connectivity index (χ0n) is 14.8. The molecule has 0 saturated heterocycles. The molecule has 0 saturated carbocycles. The van der Waals surface area contributed by atoms with Crippen LogP contribution in [0.3, 0.4) is 0 Å². The third kappa shape index (κ3) is 4.39. The second-order valence-corrected chi connectivity index (χ2v) is 7.70. The molecule has 26 heavy (non-hydrogen) atoms. The van der Waals surface area contributed by atoms with Crippen molar-refractivity contribution in [1.82, 2.24) is 9.55 Å². The van der Waals surface area contributed by atoms with Crippen LogP contribution in [0, 0.1) is 18.3 Å². The van der Waals surface area contributed by atoms with Crippen LogP contribution in [0.2, 0.25) is 5.02 Å². The van der Waals surface area contributed by atoms with Crippen molar-refractivity contribution >= 4 is 34.4 Å². The fourth-order valence-electron chi connectivity index (χ4n) is 2.75. The van der Waals surface area contributed by atoms with Crippen LogP contribution in [0.15, 0.2) is 47.6 Å². The van der Waals surface area contributed by atoms with Crippen molar-refractivity contribution in [2.24, 2.45) is 0 Å². The van der Waals surface area contributed by atoms with Crippen LogP contribution in [-0.4, -0.2) is 28.5 Å². The molecule has 4 nitrogen and oxygen atoms in total. The highest BCUT2D eigenvalue weighted by Gasteiger charge is 2.17. The van der Waals surface area contributed by atoms with Gasteiger partial charge in [-0.15, -0.1) is 0 Å². The molecule has 1 heterocycles. The Morgan fingerprint density at radius 2 is 2.04 bits per heavy atom. The van der Waals surface area contributed by atoms with Crippen LogP contribution < -0.4 is 0 Å². The van der Waals surface area contributed by atoms with Crippen molar-refractivity contribution in [3.63, 3.8) is 0 Å². The van der Waals surface area contributed by atoms with Gasteiger partial charge in [0.25, 0.3) is 0 Å². The van der Waals surface area contributed by atoms with Crippen LogP contribution in [0.1, 0.15) is 11.1 Å². The zero-order chi connectivity index (χ0) is 18.5. The van der Waals surface area contributed by atoms with Crippen LogP contribution in [0.4, 0.5) is 0 Å². The van der Waals surface area contributed by atoms with Gasteiger partial charge in [-0.3, -0.25) is 0 Å². The molecule has 6 heteroatoms. The van der Waals surface area contributed by atoms with E-state index >= 15 is 0 Å². The van der Waals surface area contributed by atoms with E-state index in [4.69, 9.17) is 21.3 Å². The number of rotatable bonds is 7. The molecule has 1 atom stereocenters. The smallest absolute Gasteiger partial charge is 0.170 e. The second-order valence-electron chi connectivity index (χ2n) is 6.10. The number of hydrogen-bond acceptors (Lipinski definition) is 4. The fourth-order valence-corrected chi connectivity index (χ4v) is 3.97. The van der Waals surface area contributed by atoms with E-state index in [1.165, 1.54) is 17.3 Å². The lowest BCUT2D eigenvalue weighted by molar-refractivity contribution is 0.186. The Hall–Kier alpha value is -2.00. The Labute approximate surface area is 162 Å². The molecule has 134 valence electrons. The lowest BCUT2D eigenvalue weighted by atomic mass is 10.1. The van der Waals surface area contributed by atoms with Crippen LogP contribution >= 0.6 is 23.4 Å². The summed E-state index contributed by atoms with van der Waals surface area (Å²) in [7, 11) is 1.68. The Bertz CT molecular complexity index is 931. The van der Waals surface area contributed by atoms with Gasteiger partial charge in [0.2, 0.25) is 0 Å². The number of benzene rings is 2. The van der Waals surface area contributed by atoms with E-state index in [0.717, 1.165) is 21.8 Å². The third-order valence-corrected chi connectivity index (χ3v) is 5.44. The molecule has 1 aromatic heterocycles. The van der Waals surface area contributed by atoms with E-state index in [1.54, 1.807) is 7.11 Å². The quantitative estimate of drug-likeness (QED) is 0.544. The average Bonchev–Trinajstić information content (AvgIpc) is 2.97. The Morgan fingerprint density at radius 3 is 2.73 bits per heavy atom. The van der Waals surface area contributed by atoms with Crippen LogP contribution in [-0.2, 0) is 17.7 Å². The van der Waals surface area contributed by atoms with E-state index in [-0.39, 0.29) is 5.25 Å². The fraction of sp³-hybridized carbons (Fsp3) is 0.300. The minimum Gasteiger partial charge on any atom is -0.383 e. The number of fused-ring (bicyclic) bond motifs is 1. The van der Waals surface area contributed by atoms with Crippen LogP contribution in [0.25, 0.3) is 11.0 Å². The van der Waals surface area contributed by atoms with Crippen molar-refractivity contribution in [2.75, 3.05) is 13.7 Å². The Balaban J connectivity index is 1.87. The number of nitriles is 1. The highest BCUT2D eigenvalue weighted by Crippen LogP contribution is 2.30. The molecule has 0 bridgehead atoms. The number of aromatic nitrogens is 2. The SMILES string of the molecule is COCCn1c(SC(C#N)Cc2ccc(C)cc2)nc2cc(Cl)ccc21. The van der Waals surface area contributed by atoms with Gasteiger partial charge in [-0.2, -0.15) is 5.26 Å². The predicted molar refractivity (Wildman–Crippen MR) is 107 cm³/mol. The molecule has 3 aromatic rings. The summed E-state index contributed by atoms with van der Waals surface area (Å²) < 4.78 is 7.33. The molecule has 0 fully saturated rings. The molecule has 0 spiro atoms. The summed E-state index contributed by atoms with van der Waals surface area (Å²) in [5, 5.41) is 10.9. The standard InChI is InChI=1S/C20H20ClN3OS/c1-14-3-5-15(6-4-14)11-17(13-22)26-20-23-18-12-16(21)7-8-19(18)24(20)9-10-25-2/h3-8,12,17H,9-11H2,1-2H3. The summed E-state index contributed by atoms with van der Waals surface area (Å²) in [4.78, 5) is 4.70. The van der Waals surface area contributed by atoms with E-state index in [9.17, 15) is 5.26 Å². The summed E-state index contributed by atoms with van der Waals surface area (Å²) in [6.07, 6.45) is 0.676. The largest absolute Gasteiger partial charge is 0.383 e. The monoisotopic (exact) mass is 385 g/mol. The number of thioether (sulfide) groups is 1. The lowest BCUT2D eigenvalue weighted by Gasteiger charge is -2.12. The van der Waals surface area contributed by atoms with Crippen molar-refractivity contribution < 1.29 is 4.74 Å². The molecule has 0 aliphatic rings. The van der Waals surface area contributed by atoms with E-state index in [0.29, 0.717) is 24.6 Å². The van der Waals surface area contributed by atoms with Crippen molar-refractivity contribution in [2.45, 2.75) is 30.3 Å². The van der Waals surface area contributed by atoms with Gasteiger partial charge in [0.05, 0.1) is 23.7 Å². The van der Waals surface area contributed by atoms with Crippen molar-refractivity contribution in [3.05, 3.63) is 58.6 Å². The van der Waals surface area contributed by atoms with E-state index in [2.05, 4.69) is 41.8 Å². The number of aryl methyl sites for hydroxylation is 1. The predicted octanol–water partition coefficient (Wildman–Crippen LogP) is 4.87. The van der Waals surface area contributed by atoms with Gasteiger partial charge in [0, 0.05) is 18.7 Å². The first-order valence-corrected chi connectivity index (χ1v) is 9.63. The number of methoxy groups -OCH3 is 1. The normalized spacial score (nSPS) is 12.2. The van der Waals surface area contributed by atoms with E-state index < -0.39 is 0 Å². The highest BCUT2D eigenvalue weighted by molar-refractivity contribution is 8.00. The van der Waals surface area contributed by atoms with Gasteiger partial charge in [-0.25, -0.2) is 4.98 Å². The topological polar surface area (TPSA) is 50.8 Å². The first kappa shape index (κ1) is 18.8. The molecular weight excluding hydrogens is 366 g/mol.